The standard InChI is InChI=1S/C20H18N2OS/c1-14(21)16-9-7-15(8-10-16)13-22-20(23)19-12-11-18(24-19)17-5-3-2-4-6-17/h2-12,21H,13H2,1H3,(H,22,23). The maximum absolute atomic E-state index is 12.3. The highest BCUT2D eigenvalue weighted by atomic mass is 32.1. The van der Waals surface area contributed by atoms with Crippen molar-refractivity contribution in [2.45, 2.75) is 13.5 Å². The summed E-state index contributed by atoms with van der Waals surface area (Å²) in [4.78, 5) is 14.1. The minimum Gasteiger partial charge on any atom is -0.347 e. The Morgan fingerprint density at radius 1 is 1.00 bits per heavy atom. The van der Waals surface area contributed by atoms with E-state index >= 15 is 0 Å². The lowest BCUT2D eigenvalue weighted by Crippen LogP contribution is -2.21. The Kier molecular flexibility index (Phi) is 4.87. The lowest BCUT2D eigenvalue weighted by Gasteiger charge is -2.05. The Hall–Kier alpha value is -2.72. The molecule has 0 atom stereocenters. The van der Waals surface area contributed by atoms with Crippen molar-refractivity contribution in [2.75, 3.05) is 0 Å². The number of hydrogen-bond acceptors (Lipinski definition) is 3. The molecule has 0 aliphatic carbocycles. The maximum atomic E-state index is 12.3. The molecule has 0 aliphatic rings. The number of amides is 1. The van der Waals surface area contributed by atoms with Gasteiger partial charge in [-0.2, -0.15) is 0 Å². The first-order valence-corrected chi connectivity index (χ1v) is 8.53. The smallest absolute Gasteiger partial charge is 0.261 e. The molecule has 120 valence electrons. The Morgan fingerprint density at radius 2 is 1.71 bits per heavy atom. The van der Waals surface area contributed by atoms with Crippen LogP contribution in [-0.2, 0) is 6.54 Å². The van der Waals surface area contributed by atoms with Crippen molar-refractivity contribution in [3.8, 4) is 10.4 Å². The van der Waals surface area contributed by atoms with Crippen molar-refractivity contribution in [2.24, 2.45) is 0 Å². The number of thiophene rings is 1. The van der Waals surface area contributed by atoms with Crippen LogP contribution in [0.2, 0.25) is 0 Å². The summed E-state index contributed by atoms with van der Waals surface area (Å²) in [6.45, 7) is 2.24. The zero-order chi connectivity index (χ0) is 16.9. The molecule has 0 bridgehead atoms. The van der Waals surface area contributed by atoms with Gasteiger partial charge in [0.05, 0.1) is 4.88 Å². The van der Waals surface area contributed by atoms with Crippen LogP contribution in [0.15, 0.2) is 66.7 Å². The van der Waals surface area contributed by atoms with E-state index in [-0.39, 0.29) is 5.91 Å². The van der Waals surface area contributed by atoms with Gasteiger partial charge in [0, 0.05) is 17.1 Å². The van der Waals surface area contributed by atoms with Crippen LogP contribution in [0.5, 0.6) is 0 Å². The molecule has 1 heterocycles. The van der Waals surface area contributed by atoms with Gasteiger partial charge in [-0.1, -0.05) is 54.6 Å². The molecule has 0 saturated carbocycles. The fraction of sp³-hybridized carbons (Fsp3) is 0.100. The Balaban J connectivity index is 1.63. The van der Waals surface area contributed by atoms with Gasteiger partial charge in [0.25, 0.3) is 5.91 Å². The minimum atomic E-state index is -0.0607. The third-order valence-corrected chi connectivity index (χ3v) is 4.86. The van der Waals surface area contributed by atoms with Gasteiger partial charge in [-0.05, 0) is 35.7 Å². The fourth-order valence-corrected chi connectivity index (χ4v) is 3.29. The van der Waals surface area contributed by atoms with Crippen molar-refractivity contribution in [1.82, 2.24) is 5.32 Å². The summed E-state index contributed by atoms with van der Waals surface area (Å²) >= 11 is 1.50. The third kappa shape index (κ3) is 3.78. The Labute approximate surface area is 145 Å². The van der Waals surface area contributed by atoms with Crippen LogP contribution >= 0.6 is 11.3 Å². The van der Waals surface area contributed by atoms with Gasteiger partial charge in [-0.15, -0.1) is 11.3 Å². The first-order chi connectivity index (χ1) is 11.6. The number of nitrogens with one attached hydrogen (secondary N) is 2. The molecule has 2 aromatic carbocycles. The molecule has 0 spiro atoms. The van der Waals surface area contributed by atoms with Crippen LogP contribution in [0.4, 0.5) is 0 Å². The van der Waals surface area contributed by atoms with E-state index in [1.807, 2.05) is 66.7 Å². The lowest BCUT2D eigenvalue weighted by molar-refractivity contribution is 0.0955. The molecule has 3 nitrogen and oxygen atoms in total. The van der Waals surface area contributed by atoms with Gasteiger partial charge in [-0.3, -0.25) is 4.79 Å². The first-order valence-electron chi connectivity index (χ1n) is 7.71. The summed E-state index contributed by atoms with van der Waals surface area (Å²) in [6, 6.07) is 21.6. The molecule has 0 unspecified atom stereocenters. The molecule has 0 saturated heterocycles. The SMILES string of the molecule is CC(=N)c1ccc(CNC(=O)c2ccc(-c3ccccc3)s2)cc1. The highest BCUT2D eigenvalue weighted by Crippen LogP contribution is 2.27. The topological polar surface area (TPSA) is 53.0 Å². The lowest BCUT2D eigenvalue weighted by atomic mass is 10.1. The van der Waals surface area contributed by atoms with E-state index in [4.69, 9.17) is 5.41 Å². The van der Waals surface area contributed by atoms with Crippen LogP contribution in [-0.4, -0.2) is 11.6 Å². The van der Waals surface area contributed by atoms with Crippen LogP contribution < -0.4 is 5.32 Å². The molecule has 1 amide bonds. The van der Waals surface area contributed by atoms with E-state index in [9.17, 15) is 4.79 Å². The summed E-state index contributed by atoms with van der Waals surface area (Å²) in [5, 5.41) is 10.5. The number of carbonyl (C=O) groups excluding carboxylic acids is 1. The molecule has 2 N–H and O–H groups in total. The van der Waals surface area contributed by atoms with Crippen molar-refractivity contribution in [1.29, 1.82) is 5.41 Å². The van der Waals surface area contributed by atoms with E-state index in [0.29, 0.717) is 17.1 Å². The minimum absolute atomic E-state index is 0.0607. The molecule has 0 radical (unpaired) electrons. The van der Waals surface area contributed by atoms with Crippen LogP contribution in [0.1, 0.15) is 27.7 Å². The Morgan fingerprint density at radius 3 is 2.38 bits per heavy atom. The molecule has 24 heavy (non-hydrogen) atoms. The second-order valence-electron chi connectivity index (χ2n) is 5.53. The van der Waals surface area contributed by atoms with Crippen molar-refractivity contribution < 1.29 is 4.79 Å². The molecule has 0 aliphatic heterocycles. The van der Waals surface area contributed by atoms with Crippen molar-refractivity contribution in [3.63, 3.8) is 0 Å². The molecule has 4 heteroatoms. The van der Waals surface area contributed by atoms with E-state index in [1.165, 1.54) is 11.3 Å². The van der Waals surface area contributed by atoms with Gasteiger partial charge in [0.2, 0.25) is 0 Å². The van der Waals surface area contributed by atoms with Gasteiger partial charge < -0.3 is 10.7 Å². The monoisotopic (exact) mass is 334 g/mol. The molecule has 3 aromatic rings. The van der Waals surface area contributed by atoms with E-state index in [0.717, 1.165) is 21.6 Å². The third-order valence-electron chi connectivity index (χ3n) is 3.73. The average Bonchev–Trinajstić information content (AvgIpc) is 3.11. The van der Waals surface area contributed by atoms with Gasteiger partial charge in [-0.25, -0.2) is 0 Å². The number of hydrogen-bond donors (Lipinski definition) is 2. The quantitative estimate of drug-likeness (QED) is 0.651. The second-order valence-corrected chi connectivity index (χ2v) is 6.62. The summed E-state index contributed by atoms with van der Waals surface area (Å²) in [6.07, 6.45) is 0. The molecule has 3 rings (SSSR count). The Bertz CT molecular complexity index is 851. The summed E-state index contributed by atoms with van der Waals surface area (Å²) < 4.78 is 0. The molecular weight excluding hydrogens is 316 g/mol. The van der Waals surface area contributed by atoms with E-state index in [1.54, 1.807) is 6.92 Å². The highest BCUT2D eigenvalue weighted by molar-refractivity contribution is 7.17. The fourth-order valence-electron chi connectivity index (χ4n) is 2.36. The zero-order valence-corrected chi connectivity index (χ0v) is 14.2. The summed E-state index contributed by atoms with van der Waals surface area (Å²) in [5.74, 6) is -0.0607. The van der Waals surface area contributed by atoms with Gasteiger partial charge in [0.15, 0.2) is 0 Å². The number of rotatable bonds is 5. The van der Waals surface area contributed by atoms with Crippen LogP contribution in [0, 0.1) is 5.41 Å². The predicted molar refractivity (Wildman–Crippen MR) is 99.9 cm³/mol. The molecular formula is C20H18N2OS. The van der Waals surface area contributed by atoms with Gasteiger partial charge in [0.1, 0.15) is 0 Å². The molecule has 1 aromatic heterocycles. The van der Waals surface area contributed by atoms with Crippen molar-refractivity contribution in [3.05, 3.63) is 82.7 Å². The van der Waals surface area contributed by atoms with Crippen LogP contribution in [0.25, 0.3) is 10.4 Å². The average molecular weight is 334 g/mol. The largest absolute Gasteiger partial charge is 0.347 e. The van der Waals surface area contributed by atoms with Gasteiger partial charge >= 0.3 is 0 Å². The maximum Gasteiger partial charge on any atom is 0.261 e. The summed E-state index contributed by atoms with van der Waals surface area (Å²) in [7, 11) is 0. The van der Waals surface area contributed by atoms with E-state index < -0.39 is 0 Å². The zero-order valence-electron chi connectivity index (χ0n) is 13.4. The van der Waals surface area contributed by atoms with Crippen LogP contribution in [0.3, 0.4) is 0 Å². The number of benzene rings is 2. The summed E-state index contributed by atoms with van der Waals surface area (Å²) in [5.41, 5.74) is 3.58. The molecule has 0 fully saturated rings. The normalized spacial score (nSPS) is 10.4. The predicted octanol–water partition coefficient (Wildman–Crippen LogP) is 4.73. The number of carbonyl (C=O) groups is 1. The first kappa shape index (κ1) is 16.1. The van der Waals surface area contributed by atoms with Crippen molar-refractivity contribution >= 4 is 23.0 Å². The van der Waals surface area contributed by atoms with E-state index in [2.05, 4.69) is 5.32 Å². The highest BCUT2D eigenvalue weighted by Gasteiger charge is 2.10. The second kappa shape index (κ2) is 7.23.